The molecule has 1 aliphatic rings. The molecule has 0 aromatic carbocycles. The van der Waals surface area contributed by atoms with E-state index in [1.54, 1.807) is 20.2 Å². The van der Waals surface area contributed by atoms with E-state index in [-0.39, 0.29) is 5.56 Å². The average molecular weight is 221 g/mol. The van der Waals surface area contributed by atoms with Gasteiger partial charge in [-0.15, -0.1) is 4.68 Å². The van der Waals surface area contributed by atoms with Gasteiger partial charge in [-0.2, -0.15) is 5.10 Å². The fourth-order valence-corrected chi connectivity index (χ4v) is 1.89. The van der Waals surface area contributed by atoms with Crippen molar-refractivity contribution in [2.24, 2.45) is 0 Å². The van der Waals surface area contributed by atoms with Gasteiger partial charge in [0.25, 0.3) is 5.56 Å². The molecule has 0 spiro atoms. The van der Waals surface area contributed by atoms with E-state index in [1.807, 2.05) is 0 Å². The summed E-state index contributed by atoms with van der Waals surface area (Å²) in [6.45, 7) is 0. The van der Waals surface area contributed by atoms with E-state index in [0.29, 0.717) is 0 Å². The summed E-state index contributed by atoms with van der Waals surface area (Å²) in [6.07, 6.45) is 3.93. The molecule has 0 aliphatic heterocycles. The van der Waals surface area contributed by atoms with Crippen molar-refractivity contribution < 1.29 is 4.79 Å². The Hall–Kier alpha value is -1.65. The Morgan fingerprint density at radius 1 is 1.38 bits per heavy atom. The number of nitrogens with zero attached hydrogens (tertiary/aromatic N) is 3. The third kappa shape index (κ3) is 1.85. The summed E-state index contributed by atoms with van der Waals surface area (Å²) < 4.78 is 0.949. The van der Waals surface area contributed by atoms with Gasteiger partial charge in [0, 0.05) is 20.2 Å². The van der Waals surface area contributed by atoms with Crippen molar-refractivity contribution in [3.63, 3.8) is 0 Å². The van der Waals surface area contributed by atoms with Crippen molar-refractivity contribution in [1.29, 1.82) is 0 Å². The van der Waals surface area contributed by atoms with E-state index in [1.165, 1.54) is 4.90 Å². The Morgan fingerprint density at radius 2 is 2.06 bits per heavy atom. The first-order chi connectivity index (χ1) is 7.59. The van der Waals surface area contributed by atoms with E-state index >= 15 is 0 Å². The summed E-state index contributed by atoms with van der Waals surface area (Å²) >= 11 is 0. The standard InChI is InChI=1S/C11H15N3O2/c1-13(2)11(16)14-10(15)7-8-5-3-4-6-9(8)12-14/h7H,3-6H2,1-2H3. The van der Waals surface area contributed by atoms with Crippen molar-refractivity contribution in [3.05, 3.63) is 27.7 Å². The highest BCUT2D eigenvalue weighted by atomic mass is 16.2. The second kappa shape index (κ2) is 4.08. The molecule has 0 saturated carbocycles. The van der Waals surface area contributed by atoms with Gasteiger partial charge < -0.3 is 4.90 Å². The monoisotopic (exact) mass is 221 g/mol. The van der Waals surface area contributed by atoms with E-state index in [0.717, 1.165) is 41.6 Å². The predicted octanol–water partition coefficient (Wildman–Crippen LogP) is 0.652. The van der Waals surface area contributed by atoms with Crippen LogP contribution in [0.3, 0.4) is 0 Å². The van der Waals surface area contributed by atoms with E-state index in [9.17, 15) is 9.59 Å². The van der Waals surface area contributed by atoms with Crippen molar-refractivity contribution in [1.82, 2.24) is 14.7 Å². The molecule has 16 heavy (non-hydrogen) atoms. The molecule has 1 heterocycles. The third-order valence-electron chi connectivity index (χ3n) is 2.77. The van der Waals surface area contributed by atoms with Crippen molar-refractivity contribution in [2.75, 3.05) is 14.1 Å². The largest absolute Gasteiger partial charge is 0.347 e. The van der Waals surface area contributed by atoms with Crippen LogP contribution in [0.1, 0.15) is 24.1 Å². The molecule has 1 amide bonds. The molecular weight excluding hydrogens is 206 g/mol. The molecular formula is C11H15N3O2. The smallest absolute Gasteiger partial charge is 0.329 e. The van der Waals surface area contributed by atoms with Gasteiger partial charge in [0.2, 0.25) is 0 Å². The zero-order chi connectivity index (χ0) is 11.7. The lowest BCUT2D eigenvalue weighted by atomic mass is 9.97. The first-order valence-electron chi connectivity index (χ1n) is 5.43. The summed E-state index contributed by atoms with van der Waals surface area (Å²) in [6, 6.07) is 1.15. The predicted molar refractivity (Wildman–Crippen MR) is 59.6 cm³/mol. The van der Waals surface area contributed by atoms with E-state index in [4.69, 9.17) is 0 Å². The number of carbonyl (C=O) groups is 1. The first-order valence-corrected chi connectivity index (χ1v) is 5.43. The maximum absolute atomic E-state index is 11.7. The number of hydrogen-bond acceptors (Lipinski definition) is 3. The number of fused-ring (bicyclic) bond motifs is 1. The summed E-state index contributed by atoms with van der Waals surface area (Å²) in [5.74, 6) is 0. The van der Waals surface area contributed by atoms with Crippen LogP contribution in [0.2, 0.25) is 0 Å². The highest BCUT2D eigenvalue weighted by molar-refractivity contribution is 5.75. The molecule has 0 saturated heterocycles. The fourth-order valence-electron chi connectivity index (χ4n) is 1.89. The average Bonchev–Trinajstić information content (AvgIpc) is 2.27. The molecule has 5 heteroatoms. The Kier molecular flexibility index (Phi) is 2.77. The fraction of sp³-hybridized carbons (Fsp3) is 0.545. The molecule has 0 N–H and O–H groups in total. The van der Waals surface area contributed by atoms with Crippen LogP contribution in [0.15, 0.2) is 10.9 Å². The number of amides is 1. The van der Waals surface area contributed by atoms with Crippen LogP contribution in [-0.2, 0) is 12.8 Å². The maximum atomic E-state index is 11.7. The molecule has 5 nitrogen and oxygen atoms in total. The lowest BCUT2D eigenvalue weighted by Gasteiger charge is -2.16. The quantitative estimate of drug-likeness (QED) is 0.646. The number of carbonyl (C=O) groups excluding carboxylic acids is 1. The van der Waals surface area contributed by atoms with Crippen molar-refractivity contribution >= 4 is 6.03 Å². The summed E-state index contributed by atoms with van der Waals surface area (Å²) in [5, 5.41) is 4.15. The van der Waals surface area contributed by atoms with Gasteiger partial charge in [-0.25, -0.2) is 4.79 Å². The minimum atomic E-state index is -0.390. The van der Waals surface area contributed by atoms with Crippen molar-refractivity contribution in [3.8, 4) is 0 Å². The molecule has 0 atom stereocenters. The molecule has 0 unspecified atom stereocenters. The van der Waals surface area contributed by atoms with Crippen LogP contribution < -0.4 is 5.56 Å². The normalized spacial score (nSPS) is 14.4. The summed E-state index contributed by atoms with van der Waals surface area (Å²) in [5.41, 5.74) is 1.56. The maximum Gasteiger partial charge on any atom is 0.347 e. The van der Waals surface area contributed by atoms with E-state index in [2.05, 4.69) is 5.10 Å². The zero-order valence-electron chi connectivity index (χ0n) is 9.56. The van der Waals surface area contributed by atoms with Gasteiger partial charge in [0.05, 0.1) is 5.69 Å². The lowest BCUT2D eigenvalue weighted by Crippen LogP contribution is -2.38. The van der Waals surface area contributed by atoms with Crippen molar-refractivity contribution in [2.45, 2.75) is 25.7 Å². The van der Waals surface area contributed by atoms with Crippen LogP contribution in [0.25, 0.3) is 0 Å². The SMILES string of the molecule is CN(C)C(=O)n1nc2c(cc1=O)CCCC2. The molecule has 0 bridgehead atoms. The number of hydrogen-bond donors (Lipinski definition) is 0. The van der Waals surface area contributed by atoms with E-state index < -0.39 is 6.03 Å². The topological polar surface area (TPSA) is 55.2 Å². The Morgan fingerprint density at radius 3 is 2.75 bits per heavy atom. The Bertz CT molecular complexity index is 477. The molecule has 0 radical (unpaired) electrons. The minimum absolute atomic E-state index is 0.334. The van der Waals surface area contributed by atoms with Crippen LogP contribution in [0, 0.1) is 0 Å². The molecule has 2 rings (SSSR count). The van der Waals surface area contributed by atoms with Gasteiger partial charge in [-0.05, 0) is 31.2 Å². The highest BCUT2D eigenvalue weighted by Gasteiger charge is 2.17. The van der Waals surface area contributed by atoms with Crippen LogP contribution in [-0.4, -0.2) is 34.8 Å². The Labute approximate surface area is 93.7 Å². The highest BCUT2D eigenvalue weighted by Crippen LogP contribution is 2.16. The van der Waals surface area contributed by atoms with Gasteiger partial charge in [0.15, 0.2) is 0 Å². The van der Waals surface area contributed by atoms with Crippen LogP contribution >= 0.6 is 0 Å². The van der Waals surface area contributed by atoms with Crippen LogP contribution in [0.5, 0.6) is 0 Å². The van der Waals surface area contributed by atoms with Gasteiger partial charge in [0.1, 0.15) is 0 Å². The second-order valence-corrected chi connectivity index (χ2v) is 4.25. The third-order valence-corrected chi connectivity index (χ3v) is 2.77. The number of aromatic nitrogens is 2. The summed E-state index contributed by atoms with van der Waals surface area (Å²) in [4.78, 5) is 24.7. The second-order valence-electron chi connectivity index (χ2n) is 4.25. The molecule has 1 aromatic heterocycles. The Balaban J connectivity index is 2.48. The minimum Gasteiger partial charge on any atom is -0.329 e. The van der Waals surface area contributed by atoms with Gasteiger partial charge in [-0.1, -0.05) is 0 Å². The first kappa shape index (κ1) is 10.9. The molecule has 1 aliphatic carbocycles. The number of rotatable bonds is 0. The summed E-state index contributed by atoms with van der Waals surface area (Å²) in [7, 11) is 3.21. The van der Waals surface area contributed by atoms with Gasteiger partial charge in [-0.3, -0.25) is 4.79 Å². The molecule has 86 valence electrons. The lowest BCUT2D eigenvalue weighted by molar-refractivity contribution is 0.214. The molecule has 0 fully saturated rings. The molecule has 1 aromatic rings. The zero-order valence-corrected chi connectivity index (χ0v) is 9.56. The van der Waals surface area contributed by atoms with Gasteiger partial charge >= 0.3 is 6.03 Å². The number of aryl methyl sites for hydroxylation is 2. The van der Waals surface area contributed by atoms with Crippen LogP contribution in [0.4, 0.5) is 4.79 Å².